The third-order valence-electron chi connectivity index (χ3n) is 4.75. The SMILES string of the molecule is CCNC(=O)[C@H](C)N(Cc1ccc(Cl)cc1Cl)C(=O)CN(C)S(=O)(=O)c1ccc(Cl)cc1. The van der Waals surface area contributed by atoms with Crippen LogP contribution in [0.15, 0.2) is 47.4 Å². The van der Waals surface area contributed by atoms with Gasteiger partial charge in [-0.15, -0.1) is 0 Å². The van der Waals surface area contributed by atoms with Crippen molar-refractivity contribution in [1.29, 1.82) is 0 Å². The molecule has 7 nitrogen and oxygen atoms in total. The summed E-state index contributed by atoms with van der Waals surface area (Å²) >= 11 is 18.0. The third-order valence-corrected chi connectivity index (χ3v) is 7.41. The molecule has 0 spiro atoms. The average molecular weight is 521 g/mol. The number of benzene rings is 2. The minimum Gasteiger partial charge on any atom is -0.355 e. The fraction of sp³-hybridized carbons (Fsp3) is 0.333. The van der Waals surface area contributed by atoms with E-state index in [0.29, 0.717) is 27.2 Å². The van der Waals surface area contributed by atoms with Crippen LogP contribution in [0.3, 0.4) is 0 Å². The van der Waals surface area contributed by atoms with E-state index in [-0.39, 0.29) is 17.3 Å². The van der Waals surface area contributed by atoms with E-state index in [4.69, 9.17) is 34.8 Å². The van der Waals surface area contributed by atoms with Gasteiger partial charge in [-0.25, -0.2) is 8.42 Å². The van der Waals surface area contributed by atoms with Crippen molar-refractivity contribution in [3.05, 3.63) is 63.1 Å². The highest BCUT2D eigenvalue weighted by atomic mass is 35.5. The Labute approximate surface area is 203 Å². The van der Waals surface area contributed by atoms with E-state index in [1.165, 1.54) is 42.3 Å². The summed E-state index contributed by atoms with van der Waals surface area (Å²) in [4.78, 5) is 26.9. The van der Waals surface area contributed by atoms with Gasteiger partial charge in [-0.2, -0.15) is 4.31 Å². The van der Waals surface area contributed by atoms with Crippen LogP contribution in [0, 0.1) is 0 Å². The van der Waals surface area contributed by atoms with Crippen LogP contribution in [0.4, 0.5) is 0 Å². The summed E-state index contributed by atoms with van der Waals surface area (Å²) in [5, 5.41) is 3.83. The molecule has 0 aliphatic heterocycles. The minimum absolute atomic E-state index is 0.00118. The molecule has 0 bridgehead atoms. The summed E-state index contributed by atoms with van der Waals surface area (Å²) in [7, 11) is -2.65. The van der Waals surface area contributed by atoms with Gasteiger partial charge in [0.1, 0.15) is 6.04 Å². The molecule has 2 rings (SSSR count). The lowest BCUT2D eigenvalue weighted by molar-refractivity contribution is -0.140. The van der Waals surface area contributed by atoms with Crippen LogP contribution in [0.1, 0.15) is 19.4 Å². The van der Waals surface area contributed by atoms with Crippen LogP contribution >= 0.6 is 34.8 Å². The fourth-order valence-corrected chi connectivity index (χ4v) is 4.61. The van der Waals surface area contributed by atoms with Gasteiger partial charge in [0, 0.05) is 35.2 Å². The van der Waals surface area contributed by atoms with E-state index < -0.39 is 28.5 Å². The molecular weight excluding hydrogens is 497 g/mol. The van der Waals surface area contributed by atoms with Crippen LogP contribution in [0.5, 0.6) is 0 Å². The Bertz CT molecular complexity index is 1080. The number of rotatable bonds is 9. The quantitative estimate of drug-likeness (QED) is 0.544. The summed E-state index contributed by atoms with van der Waals surface area (Å²) in [5.74, 6) is -0.927. The third kappa shape index (κ3) is 6.59. The van der Waals surface area contributed by atoms with Crippen molar-refractivity contribution in [1.82, 2.24) is 14.5 Å². The molecule has 2 amide bonds. The van der Waals surface area contributed by atoms with Crippen LogP contribution in [0.25, 0.3) is 0 Å². The van der Waals surface area contributed by atoms with Crippen molar-refractivity contribution >= 4 is 56.6 Å². The van der Waals surface area contributed by atoms with Crippen molar-refractivity contribution < 1.29 is 18.0 Å². The van der Waals surface area contributed by atoms with Crippen molar-refractivity contribution in [2.24, 2.45) is 0 Å². The number of carbonyl (C=O) groups is 2. The number of nitrogens with one attached hydrogen (secondary N) is 1. The van der Waals surface area contributed by atoms with Gasteiger partial charge in [0.2, 0.25) is 21.8 Å². The van der Waals surface area contributed by atoms with E-state index in [1.807, 2.05) is 0 Å². The summed E-state index contributed by atoms with van der Waals surface area (Å²) in [5.41, 5.74) is 0.573. The molecule has 0 saturated carbocycles. The van der Waals surface area contributed by atoms with Gasteiger partial charge in [-0.3, -0.25) is 9.59 Å². The van der Waals surface area contributed by atoms with Crippen LogP contribution in [0.2, 0.25) is 15.1 Å². The molecule has 32 heavy (non-hydrogen) atoms. The number of carbonyl (C=O) groups excluding carboxylic acids is 2. The molecule has 1 N–H and O–H groups in total. The highest BCUT2D eigenvalue weighted by Crippen LogP contribution is 2.24. The van der Waals surface area contributed by atoms with E-state index in [1.54, 1.807) is 26.0 Å². The zero-order valence-corrected chi connectivity index (χ0v) is 20.9. The number of hydrogen-bond donors (Lipinski definition) is 1. The van der Waals surface area contributed by atoms with Gasteiger partial charge >= 0.3 is 0 Å². The normalized spacial score (nSPS) is 12.5. The molecule has 2 aromatic carbocycles. The number of sulfonamides is 1. The molecule has 0 unspecified atom stereocenters. The predicted molar refractivity (Wildman–Crippen MR) is 126 cm³/mol. The number of amides is 2. The summed E-state index contributed by atoms with van der Waals surface area (Å²) < 4.78 is 26.6. The first-order valence-electron chi connectivity index (χ1n) is 9.70. The molecule has 1 atom stereocenters. The fourth-order valence-electron chi connectivity index (χ4n) is 2.89. The first-order valence-corrected chi connectivity index (χ1v) is 12.3. The Morgan fingerprint density at radius 3 is 2.19 bits per heavy atom. The predicted octanol–water partition coefficient (Wildman–Crippen LogP) is 3.82. The van der Waals surface area contributed by atoms with Crippen molar-refractivity contribution in [3.8, 4) is 0 Å². The molecule has 0 radical (unpaired) electrons. The van der Waals surface area contributed by atoms with Crippen LogP contribution in [-0.4, -0.2) is 55.6 Å². The first kappa shape index (κ1) is 26.4. The van der Waals surface area contributed by atoms with E-state index in [9.17, 15) is 18.0 Å². The standard InChI is InChI=1S/C21H24Cl3N3O4S/c1-4-25-21(29)14(2)27(12-15-5-6-17(23)11-19(15)24)20(28)13-26(3)32(30,31)18-9-7-16(22)8-10-18/h5-11,14H,4,12-13H2,1-3H3,(H,25,29)/t14-/m0/s1. The van der Waals surface area contributed by atoms with Crippen LogP contribution < -0.4 is 5.32 Å². The van der Waals surface area contributed by atoms with E-state index in [0.717, 1.165) is 4.31 Å². The van der Waals surface area contributed by atoms with E-state index >= 15 is 0 Å². The smallest absolute Gasteiger partial charge is 0.243 e. The lowest BCUT2D eigenvalue weighted by atomic mass is 10.1. The Morgan fingerprint density at radius 1 is 1.03 bits per heavy atom. The molecule has 2 aromatic rings. The molecule has 11 heteroatoms. The molecule has 0 heterocycles. The monoisotopic (exact) mass is 519 g/mol. The number of likely N-dealkylation sites (N-methyl/N-ethyl adjacent to an activating group) is 2. The largest absolute Gasteiger partial charge is 0.355 e. The topological polar surface area (TPSA) is 86.8 Å². The van der Waals surface area contributed by atoms with Gasteiger partial charge in [-0.1, -0.05) is 40.9 Å². The van der Waals surface area contributed by atoms with Crippen LogP contribution in [-0.2, 0) is 26.2 Å². The molecule has 174 valence electrons. The molecule has 0 aliphatic carbocycles. The number of hydrogen-bond acceptors (Lipinski definition) is 4. The Morgan fingerprint density at radius 2 is 1.62 bits per heavy atom. The highest BCUT2D eigenvalue weighted by molar-refractivity contribution is 7.89. The zero-order chi connectivity index (χ0) is 24.1. The molecule has 0 aromatic heterocycles. The first-order chi connectivity index (χ1) is 15.0. The minimum atomic E-state index is -3.94. The maximum Gasteiger partial charge on any atom is 0.243 e. The Hall–Kier alpha value is -1.84. The lowest BCUT2D eigenvalue weighted by Gasteiger charge is -2.30. The number of halogens is 3. The van der Waals surface area contributed by atoms with Crippen molar-refractivity contribution in [2.45, 2.75) is 31.3 Å². The Kier molecular flexibility index (Phi) is 9.36. The van der Waals surface area contributed by atoms with Crippen molar-refractivity contribution in [2.75, 3.05) is 20.1 Å². The van der Waals surface area contributed by atoms with Gasteiger partial charge in [0.15, 0.2) is 0 Å². The number of nitrogens with zero attached hydrogens (tertiary/aromatic N) is 2. The van der Waals surface area contributed by atoms with Crippen molar-refractivity contribution in [3.63, 3.8) is 0 Å². The highest BCUT2D eigenvalue weighted by Gasteiger charge is 2.30. The molecule has 0 saturated heterocycles. The second-order valence-corrected chi connectivity index (χ2v) is 10.4. The van der Waals surface area contributed by atoms with Gasteiger partial charge < -0.3 is 10.2 Å². The second-order valence-electron chi connectivity index (χ2n) is 7.04. The maximum atomic E-state index is 13.2. The lowest BCUT2D eigenvalue weighted by Crippen LogP contribution is -2.50. The van der Waals surface area contributed by atoms with Gasteiger partial charge in [0.25, 0.3) is 0 Å². The summed E-state index contributed by atoms with van der Waals surface area (Å²) in [6.45, 7) is 3.25. The summed E-state index contributed by atoms with van der Waals surface area (Å²) in [6, 6.07) is 9.59. The Balaban J connectivity index is 2.30. The second kappa shape index (κ2) is 11.3. The van der Waals surface area contributed by atoms with E-state index in [2.05, 4.69) is 5.32 Å². The van der Waals surface area contributed by atoms with Gasteiger partial charge in [0.05, 0.1) is 11.4 Å². The molecule has 0 fully saturated rings. The van der Waals surface area contributed by atoms with Gasteiger partial charge in [-0.05, 0) is 55.8 Å². The molecular formula is C21H24Cl3N3O4S. The maximum absolute atomic E-state index is 13.2. The summed E-state index contributed by atoms with van der Waals surface area (Å²) in [6.07, 6.45) is 0. The zero-order valence-electron chi connectivity index (χ0n) is 17.8. The molecule has 0 aliphatic rings. The average Bonchev–Trinajstić information content (AvgIpc) is 2.73.